The SMILES string of the molecule is CCC1CO1.COCC1CO1. The number of rotatable bonds is 3. The summed E-state index contributed by atoms with van der Waals surface area (Å²) in [4.78, 5) is 0. The molecule has 0 radical (unpaired) electrons. The van der Waals surface area contributed by atoms with Crippen LogP contribution in [0, 0.1) is 0 Å². The number of epoxide rings is 2. The van der Waals surface area contributed by atoms with Gasteiger partial charge in [-0.15, -0.1) is 0 Å². The summed E-state index contributed by atoms with van der Waals surface area (Å²) >= 11 is 0. The molecule has 2 fully saturated rings. The molecule has 2 rings (SSSR count). The molecule has 66 valence electrons. The van der Waals surface area contributed by atoms with Crippen LogP contribution in [0.5, 0.6) is 0 Å². The fourth-order valence-electron chi connectivity index (χ4n) is 0.654. The Labute approximate surface area is 67.6 Å². The van der Waals surface area contributed by atoms with Crippen LogP contribution in [0.4, 0.5) is 0 Å². The van der Waals surface area contributed by atoms with Crippen molar-refractivity contribution in [2.75, 3.05) is 26.9 Å². The van der Waals surface area contributed by atoms with E-state index in [4.69, 9.17) is 14.2 Å². The lowest BCUT2D eigenvalue weighted by Crippen LogP contribution is -1.94. The van der Waals surface area contributed by atoms with Gasteiger partial charge in [0, 0.05) is 7.11 Å². The summed E-state index contributed by atoms with van der Waals surface area (Å²) in [5.41, 5.74) is 0. The Morgan fingerprint density at radius 2 is 1.82 bits per heavy atom. The van der Waals surface area contributed by atoms with Crippen LogP contribution in [0.1, 0.15) is 13.3 Å². The van der Waals surface area contributed by atoms with Gasteiger partial charge in [-0.1, -0.05) is 6.92 Å². The van der Waals surface area contributed by atoms with Crippen LogP contribution in [-0.2, 0) is 14.2 Å². The topological polar surface area (TPSA) is 34.3 Å². The first-order valence-corrected chi connectivity index (χ1v) is 4.09. The first kappa shape index (κ1) is 8.97. The third-order valence-corrected chi connectivity index (χ3v) is 1.61. The molecule has 2 aliphatic rings. The van der Waals surface area contributed by atoms with E-state index in [-0.39, 0.29) is 0 Å². The van der Waals surface area contributed by atoms with E-state index in [2.05, 4.69) is 6.92 Å². The summed E-state index contributed by atoms with van der Waals surface area (Å²) in [6.07, 6.45) is 2.25. The van der Waals surface area contributed by atoms with E-state index in [1.54, 1.807) is 7.11 Å². The van der Waals surface area contributed by atoms with Crippen molar-refractivity contribution in [3.8, 4) is 0 Å². The maximum atomic E-state index is 4.86. The molecule has 2 heterocycles. The molecule has 0 aliphatic carbocycles. The normalized spacial score (nSPS) is 32.2. The smallest absolute Gasteiger partial charge is 0.104 e. The van der Waals surface area contributed by atoms with Crippen LogP contribution in [0.15, 0.2) is 0 Å². The Balaban J connectivity index is 0.000000112. The largest absolute Gasteiger partial charge is 0.382 e. The van der Waals surface area contributed by atoms with E-state index >= 15 is 0 Å². The molecule has 2 unspecified atom stereocenters. The summed E-state index contributed by atoms with van der Waals surface area (Å²) in [6, 6.07) is 0. The van der Waals surface area contributed by atoms with Gasteiger partial charge < -0.3 is 14.2 Å². The van der Waals surface area contributed by atoms with Gasteiger partial charge in [-0.2, -0.15) is 0 Å². The van der Waals surface area contributed by atoms with Crippen molar-refractivity contribution in [3.63, 3.8) is 0 Å². The van der Waals surface area contributed by atoms with Gasteiger partial charge in [-0.3, -0.25) is 0 Å². The second-order valence-electron chi connectivity index (χ2n) is 2.77. The maximum absolute atomic E-state index is 4.86. The lowest BCUT2D eigenvalue weighted by atomic mass is 10.4. The fraction of sp³-hybridized carbons (Fsp3) is 1.00. The predicted molar refractivity (Wildman–Crippen MR) is 41.6 cm³/mol. The summed E-state index contributed by atoms with van der Waals surface area (Å²) in [5, 5.41) is 0. The lowest BCUT2D eigenvalue weighted by Gasteiger charge is -1.84. The van der Waals surface area contributed by atoms with Gasteiger partial charge in [-0.25, -0.2) is 0 Å². The monoisotopic (exact) mass is 160 g/mol. The van der Waals surface area contributed by atoms with Crippen LogP contribution in [0.25, 0.3) is 0 Å². The molecule has 0 saturated carbocycles. The zero-order valence-corrected chi connectivity index (χ0v) is 7.21. The Morgan fingerprint density at radius 3 is 1.91 bits per heavy atom. The minimum absolute atomic E-state index is 0.426. The second kappa shape index (κ2) is 4.70. The van der Waals surface area contributed by atoms with Gasteiger partial charge in [0.1, 0.15) is 6.10 Å². The zero-order valence-electron chi connectivity index (χ0n) is 7.21. The van der Waals surface area contributed by atoms with Crippen molar-refractivity contribution in [3.05, 3.63) is 0 Å². The Bertz CT molecular complexity index is 97.5. The second-order valence-corrected chi connectivity index (χ2v) is 2.77. The van der Waals surface area contributed by atoms with Gasteiger partial charge >= 0.3 is 0 Å². The molecule has 2 atom stereocenters. The molecule has 3 nitrogen and oxygen atoms in total. The van der Waals surface area contributed by atoms with Crippen molar-refractivity contribution >= 4 is 0 Å². The maximum Gasteiger partial charge on any atom is 0.104 e. The summed E-state index contributed by atoms with van der Waals surface area (Å²) in [5.74, 6) is 0. The van der Waals surface area contributed by atoms with Crippen molar-refractivity contribution in [2.24, 2.45) is 0 Å². The van der Waals surface area contributed by atoms with Crippen molar-refractivity contribution in [1.82, 2.24) is 0 Å². The van der Waals surface area contributed by atoms with Crippen LogP contribution < -0.4 is 0 Å². The van der Waals surface area contributed by atoms with E-state index in [1.807, 2.05) is 0 Å². The summed E-state index contributed by atoms with van der Waals surface area (Å²) in [7, 11) is 1.68. The molecule has 11 heavy (non-hydrogen) atoms. The first-order valence-electron chi connectivity index (χ1n) is 4.09. The third kappa shape index (κ3) is 5.18. The molecule has 0 N–H and O–H groups in total. The van der Waals surface area contributed by atoms with E-state index < -0.39 is 0 Å². The molecule has 0 spiro atoms. The van der Waals surface area contributed by atoms with Gasteiger partial charge in [0.2, 0.25) is 0 Å². The molecule has 0 bridgehead atoms. The summed E-state index contributed by atoms with van der Waals surface area (Å²) in [6.45, 7) is 4.81. The first-order chi connectivity index (χ1) is 5.36. The van der Waals surface area contributed by atoms with Gasteiger partial charge in [-0.05, 0) is 6.42 Å². The van der Waals surface area contributed by atoms with E-state index in [1.165, 1.54) is 6.42 Å². The predicted octanol–water partition coefficient (Wildman–Crippen LogP) is 0.827. The Kier molecular flexibility index (Phi) is 3.83. The van der Waals surface area contributed by atoms with Crippen molar-refractivity contribution < 1.29 is 14.2 Å². The number of hydrogen-bond acceptors (Lipinski definition) is 3. The van der Waals surface area contributed by atoms with Gasteiger partial charge in [0.25, 0.3) is 0 Å². The number of hydrogen-bond donors (Lipinski definition) is 0. The van der Waals surface area contributed by atoms with Crippen LogP contribution in [0.3, 0.4) is 0 Å². The number of ether oxygens (including phenoxy) is 3. The van der Waals surface area contributed by atoms with E-state index in [9.17, 15) is 0 Å². The highest BCUT2D eigenvalue weighted by molar-refractivity contribution is 4.66. The molecule has 0 aromatic carbocycles. The average molecular weight is 160 g/mol. The fourth-order valence-corrected chi connectivity index (χ4v) is 0.654. The standard InChI is InChI=1S/C4H8O2.C4H8O/c1-5-2-4-3-6-4;1-2-4-3-5-4/h4H,2-3H2,1H3;4H,2-3H2,1H3. The highest BCUT2D eigenvalue weighted by Crippen LogP contribution is 2.10. The molecular weight excluding hydrogens is 144 g/mol. The minimum atomic E-state index is 0.426. The van der Waals surface area contributed by atoms with Gasteiger partial charge in [0.15, 0.2) is 0 Å². The molecule has 2 saturated heterocycles. The van der Waals surface area contributed by atoms with Crippen LogP contribution in [-0.4, -0.2) is 39.1 Å². The average Bonchev–Trinajstić information content (AvgIpc) is 2.87. The highest BCUT2D eigenvalue weighted by atomic mass is 16.6. The minimum Gasteiger partial charge on any atom is -0.382 e. The van der Waals surface area contributed by atoms with Crippen LogP contribution in [0.2, 0.25) is 0 Å². The lowest BCUT2D eigenvalue weighted by molar-refractivity contribution is 0.171. The molecule has 3 heteroatoms. The zero-order chi connectivity index (χ0) is 8.10. The quantitative estimate of drug-likeness (QED) is 0.573. The van der Waals surface area contributed by atoms with Crippen molar-refractivity contribution in [1.29, 1.82) is 0 Å². The van der Waals surface area contributed by atoms with Crippen molar-refractivity contribution in [2.45, 2.75) is 25.6 Å². The van der Waals surface area contributed by atoms with Crippen LogP contribution >= 0.6 is 0 Å². The Morgan fingerprint density at radius 1 is 1.27 bits per heavy atom. The highest BCUT2D eigenvalue weighted by Gasteiger charge is 2.21. The number of methoxy groups -OCH3 is 1. The third-order valence-electron chi connectivity index (χ3n) is 1.61. The molecule has 2 aliphatic heterocycles. The van der Waals surface area contributed by atoms with E-state index in [0.717, 1.165) is 19.8 Å². The summed E-state index contributed by atoms with van der Waals surface area (Å²) < 4.78 is 14.4. The van der Waals surface area contributed by atoms with E-state index in [0.29, 0.717) is 12.2 Å². The molecule has 0 aromatic heterocycles. The molecule has 0 aromatic rings. The van der Waals surface area contributed by atoms with Gasteiger partial charge in [0.05, 0.1) is 25.9 Å². The molecular formula is C8H16O3. The molecule has 0 amide bonds. The Hall–Kier alpha value is -0.120.